The monoisotopic (exact) mass is 236 g/mol. The van der Waals surface area contributed by atoms with Crippen molar-refractivity contribution < 1.29 is 9.18 Å². The van der Waals surface area contributed by atoms with E-state index in [0.717, 1.165) is 0 Å². The third kappa shape index (κ3) is 1.94. The molecule has 0 radical (unpaired) electrons. The van der Waals surface area contributed by atoms with Gasteiger partial charge in [0.25, 0.3) is 5.91 Å². The molecule has 1 amide bonds. The van der Waals surface area contributed by atoms with Crippen LogP contribution in [-0.4, -0.2) is 23.0 Å². The quantitative estimate of drug-likeness (QED) is 0.592. The molecule has 1 aliphatic rings. The Morgan fingerprint density at radius 1 is 1.50 bits per heavy atom. The minimum atomic E-state index is -0.337. The van der Waals surface area contributed by atoms with E-state index in [1.807, 2.05) is 0 Å². The van der Waals surface area contributed by atoms with Crippen molar-refractivity contribution in [3.63, 3.8) is 0 Å². The first-order valence-electron chi connectivity index (χ1n) is 4.64. The molecule has 1 aliphatic heterocycles. The van der Waals surface area contributed by atoms with Crippen LogP contribution in [0.3, 0.4) is 0 Å². The van der Waals surface area contributed by atoms with Crippen LogP contribution < -0.4 is 5.32 Å². The van der Waals surface area contributed by atoms with Gasteiger partial charge in [0.2, 0.25) is 0 Å². The van der Waals surface area contributed by atoms with Crippen LogP contribution in [-0.2, 0) is 4.79 Å². The van der Waals surface area contributed by atoms with Gasteiger partial charge in [0, 0.05) is 7.05 Å². The Balaban J connectivity index is 2.33. The molecule has 1 aromatic carbocycles. The molecule has 0 aromatic heterocycles. The van der Waals surface area contributed by atoms with Crippen molar-refractivity contribution in [1.82, 2.24) is 10.2 Å². The largest absolute Gasteiger partial charge is 0.328 e. The van der Waals surface area contributed by atoms with Gasteiger partial charge in [-0.25, -0.2) is 4.39 Å². The normalized spacial score (nSPS) is 18.1. The van der Waals surface area contributed by atoms with Gasteiger partial charge >= 0.3 is 0 Å². The van der Waals surface area contributed by atoms with Gasteiger partial charge in [0.1, 0.15) is 11.5 Å². The van der Waals surface area contributed by atoms with E-state index in [4.69, 9.17) is 12.2 Å². The van der Waals surface area contributed by atoms with Crippen LogP contribution in [0.1, 0.15) is 5.56 Å². The van der Waals surface area contributed by atoms with Crippen molar-refractivity contribution in [1.29, 1.82) is 0 Å². The van der Waals surface area contributed by atoms with Crippen LogP contribution in [0.2, 0.25) is 0 Å². The third-order valence-corrected chi connectivity index (χ3v) is 2.62. The summed E-state index contributed by atoms with van der Waals surface area (Å²) in [5.41, 5.74) is 0.979. The molecule has 1 heterocycles. The summed E-state index contributed by atoms with van der Waals surface area (Å²) in [6.07, 6.45) is 1.57. The number of halogens is 1. The van der Waals surface area contributed by atoms with Gasteiger partial charge < -0.3 is 5.32 Å². The minimum Gasteiger partial charge on any atom is -0.328 e. The SMILES string of the molecule is CN1C(=O)/C(=C\c2cccc(F)c2)NC1=S. The Morgan fingerprint density at radius 2 is 2.25 bits per heavy atom. The number of amides is 1. The highest BCUT2D eigenvalue weighted by molar-refractivity contribution is 7.80. The van der Waals surface area contributed by atoms with Crippen molar-refractivity contribution in [3.8, 4) is 0 Å². The Bertz CT molecular complexity index is 499. The first kappa shape index (κ1) is 10.8. The van der Waals surface area contributed by atoms with Crippen molar-refractivity contribution in [3.05, 3.63) is 41.3 Å². The lowest BCUT2D eigenvalue weighted by Crippen LogP contribution is -2.25. The van der Waals surface area contributed by atoms with Crippen LogP contribution in [0.4, 0.5) is 4.39 Å². The lowest BCUT2D eigenvalue weighted by atomic mass is 10.2. The summed E-state index contributed by atoms with van der Waals surface area (Å²) in [4.78, 5) is 13.0. The van der Waals surface area contributed by atoms with Crippen LogP contribution >= 0.6 is 12.2 Å². The van der Waals surface area contributed by atoms with Crippen molar-refractivity contribution in [2.75, 3.05) is 7.05 Å². The summed E-state index contributed by atoms with van der Waals surface area (Å²) in [6.45, 7) is 0. The van der Waals surface area contributed by atoms with Gasteiger partial charge in [-0.15, -0.1) is 0 Å². The zero-order chi connectivity index (χ0) is 11.7. The lowest BCUT2D eigenvalue weighted by molar-refractivity contribution is -0.121. The molecule has 1 fully saturated rings. The van der Waals surface area contributed by atoms with Gasteiger partial charge in [0.05, 0.1) is 0 Å². The van der Waals surface area contributed by atoms with Crippen LogP contribution in [0.5, 0.6) is 0 Å². The highest BCUT2D eigenvalue weighted by atomic mass is 32.1. The van der Waals surface area contributed by atoms with Crippen LogP contribution in [0.25, 0.3) is 6.08 Å². The second-order valence-corrected chi connectivity index (χ2v) is 3.79. The molecule has 0 bridgehead atoms. The number of likely N-dealkylation sites (N-methyl/N-ethyl adjacent to an activating group) is 1. The molecule has 16 heavy (non-hydrogen) atoms. The molecule has 1 N–H and O–H groups in total. The highest BCUT2D eigenvalue weighted by Gasteiger charge is 2.26. The molecule has 82 valence electrons. The van der Waals surface area contributed by atoms with Crippen molar-refractivity contribution in [2.45, 2.75) is 0 Å². The summed E-state index contributed by atoms with van der Waals surface area (Å²) in [5, 5.41) is 3.12. The third-order valence-electron chi connectivity index (χ3n) is 2.24. The number of thiocarbonyl (C=S) groups is 1. The van der Waals surface area contributed by atoms with E-state index in [-0.39, 0.29) is 11.7 Å². The summed E-state index contributed by atoms with van der Waals surface area (Å²) < 4.78 is 12.9. The smallest absolute Gasteiger partial charge is 0.276 e. The fourth-order valence-electron chi connectivity index (χ4n) is 1.39. The average molecular weight is 236 g/mol. The molecule has 1 aromatic rings. The fourth-order valence-corrected chi connectivity index (χ4v) is 1.58. The molecule has 1 saturated heterocycles. The van der Waals surface area contributed by atoms with Crippen LogP contribution in [0, 0.1) is 5.82 Å². The molecule has 5 heteroatoms. The zero-order valence-electron chi connectivity index (χ0n) is 8.53. The fraction of sp³-hybridized carbons (Fsp3) is 0.0909. The lowest BCUT2D eigenvalue weighted by Gasteiger charge is -2.02. The van der Waals surface area contributed by atoms with E-state index in [2.05, 4.69) is 5.32 Å². The molecular formula is C11H9FN2OS. The Morgan fingerprint density at radius 3 is 2.81 bits per heavy atom. The van der Waals surface area contributed by atoms with Gasteiger partial charge in [-0.2, -0.15) is 0 Å². The number of nitrogens with one attached hydrogen (secondary N) is 1. The molecule has 0 saturated carbocycles. The first-order valence-corrected chi connectivity index (χ1v) is 5.05. The molecule has 0 spiro atoms. The second-order valence-electron chi connectivity index (χ2n) is 3.41. The van der Waals surface area contributed by atoms with E-state index >= 15 is 0 Å². The van der Waals surface area contributed by atoms with Crippen LogP contribution in [0.15, 0.2) is 30.0 Å². The Labute approximate surface area is 97.6 Å². The first-order chi connectivity index (χ1) is 7.58. The van der Waals surface area contributed by atoms with Gasteiger partial charge in [-0.05, 0) is 36.0 Å². The van der Waals surface area contributed by atoms with E-state index in [1.54, 1.807) is 25.3 Å². The molecule has 0 aliphatic carbocycles. The topological polar surface area (TPSA) is 32.3 Å². The molecule has 2 rings (SSSR count). The maximum absolute atomic E-state index is 12.9. The standard InChI is InChI=1S/C11H9FN2OS/c1-14-10(15)9(13-11(14)16)6-7-3-2-4-8(12)5-7/h2-6H,1H3,(H,13,16)/b9-6+. The van der Waals surface area contributed by atoms with Crippen molar-refractivity contribution >= 4 is 29.3 Å². The zero-order valence-corrected chi connectivity index (χ0v) is 9.34. The Hall–Kier alpha value is -1.75. The molecular weight excluding hydrogens is 227 g/mol. The number of carbonyl (C=O) groups excluding carboxylic acids is 1. The summed E-state index contributed by atoms with van der Waals surface area (Å²) in [7, 11) is 1.59. The number of hydrogen-bond donors (Lipinski definition) is 1. The van der Waals surface area contributed by atoms with E-state index in [9.17, 15) is 9.18 Å². The maximum atomic E-state index is 12.9. The number of nitrogens with zero attached hydrogens (tertiary/aromatic N) is 1. The minimum absolute atomic E-state index is 0.214. The highest BCUT2D eigenvalue weighted by Crippen LogP contribution is 2.13. The average Bonchev–Trinajstić information content (AvgIpc) is 2.47. The van der Waals surface area contributed by atoms with Gasteiger partial charge in [0.15, 0.2) is 5.11 Å². The maximum Gasteiger partial charge on any atom is 0.276 e. The number of carbonyl (C=O) groups is 1. The van der Waals surface area contributed by atoms with E-state index in [0.29, 0.717) is 16.4 Å². The van der Waals surface area contributed by atoms with Crippen molar-refractivity contribution in [2.24, 2.45) is 0 Å². The van der Waals surface area contributed by atoms with E-state index < -0.39 is 0 Å². The van der Waals surface area contributed by atoms with Gasteiger partial charge in [-0.3, -0.25) is 9.69 Å². The number of benzene rings is 1. The van der Waals surface area contributed by atoms with E-state index in [1.165, 1.54) is 17.0 Å². The number of hydrogen-bond acceptors (Lipinski definition) is 2. The van der Waals surface area contributed by atoms with Gasteiger partial charge in [-0.1, -0.05) is 12.1 Å². The predicted octanol–water partition coefficient (Wildman–Crippen LogP) is 1.51. The number of rotatable bonds is 1. The molecule has 0 atom stereocenters. The second kappa shape index (κ2) is 4.02. The molecule has 0 unspecified atom stereocenters. The summed E-state index contributed by atoms with van der Waals surface area (Å²) in [5.74, 6) is -0.551. The Kier molecular flexibility index (Phi) is 2.70. The summed E-state index contributed by atoms with van der Waals surface area (Å²) >= 11 is 4.92. The molecule has 3 nitrogen and oxygen atoms in total. The predicted molar refractivity (Wildman–Crippen MR) is 62.9 cm³/mol. The summed E-state index contributed by atoms with van der Waals surface area (Å²) in [6, 6.07) is 6.00.